The van der Waals surface area contributed by atoms with Gasteiger partial charge in [0.2, 0.25) is 0 Å². The lowest BCUT2D eigenvalue weighted by atomic mass is 9.96. The summed E-state index contributed by atoms with van der Waals surface area (Å²) >= 11 is 5.79. The molecular formula is C18H18ClNO3. The molecule has 0 bridgehead atoms. The van der Waals surface area contributed by atoms with Crippen LogP contribution >= 0.6 is 11.6 Å². The molecule has 0 saturated heterocycles. The van der Waals surface area contributed by atoms with Crippen LogP contribution in [0.4, 0.5) is 0 Å². The molecule has 2 aromatic rings. The highest BCUT2D eigenvalue weighted by Crippen LogP contribution is 2.36. The van der Waals surface area contributed by atoms with Crippen LogP contribution in [0.2, 0.25) is 5.02 Å². The molecule has 4 nitrogen and oxygen atoms in total. The maximum atomic E-state index is 11.9. The number of fused-ring (bicyclic) bond motifs is 1. The van der Waals surface area contributed by atoms with Crippen LogP contribution in [0.25, 0.3) is 0 Å². The SMILES string of the molecule is O=C(COc1ccc(Cl)cc1)NCC1(O)CCc2ccccc21. The monoisotopic (exact) mass is 331 g/mol. The summed E-state index contributed by atoms with van der Waals surface area (Å²) in [4.78, 5) is 11.9. The van der Waals surface area contributed by atoms with E-state index in [9.17, 15) is 9.90 Å². The lowest BCUT2D eigenvalue weighted by Crippen LogP contribution is -2.41. The van der Waals surface area contributed by atoms with E-state index in [0.29, 0.717) is 17.2 Å². The molecule has 1 atom stereocenters. The number of halogens is 1. The third-order valence-corrected chi connectivity index (χ3v) is 4.34. The van der Waals surface area contributed by atoms with Gasteiger partial charge in [0.1, 0.15) is 11.4 Å². The number of aliphatic hydroxyl groups is 1. The summed E-state index contributed by atoms with van der Waals surface area (Å²) in [5, 5.41) is 14.1. The van der Waals surface area contributed by atoms with E-state index in [1.807, 2.05) is 24.3 Å². The van der Waals surface area contributed by atoms with E-state index in [1.54, 1.807) is 24.3 Å². The largest absolute Gasteiger partial charge is 0.484 e. The Morgan fingerprint density at radius 1 is 1.22 bits per heavy atom. The second-order valence-electron chi connectivity index (χ2n) is 5.71. The van der Waals surface area contributed by atoms with Crippen LogP contribution in [-0.2, 0) is 16.8 Å². The molecule has 0 saturated carbocycles. The molecule has 2 aromatic carbocycles. The number of nitrogens with one attached hydrogen (secondary N) is 1. The number of hydrogen-bond acceptors (Lipinski definition) is 3. The van der Waals surface area contributed by atoms with Crippen molar-refractivity contribution < 1.29 is 14.6 Å². The number of carbonyl (C=O) groups is 1. The summed E-state index contributed by atoms with van der Waals surface area (Å²) in [6, 6.07) is 14.6. The predicted octanol–water partition coefficient (Wildman–Crippen LogP) is 2.67. The Bertz CT molecular complexity index is 702. The minimum atomic E-state index is -0.994. The van der Waals surface area contributed by atoms with Crippen molar-refractivity contribution in [3.8, 4) is 5.75 Å². The topological polar surface area (TPSA) is 58.6 Å². The fraction of sp³-hybridized carbons (Fsp3) is 0.278. The average molecular weight is 332 g/mol. The predicted molar refractivity (Wildman–Crippen MR) is 88.6 cm³/mol. The van der Waals surface area contributed by atoms with Crippen molar-refractivity contribution in [2.24, 2.45) is 0 Å². The summed E-state index contributed by atoms with van der Waals surface area (Å²) in [6.07, 6.45) is 1.44. The molecule has 3 rings (SSSR count). The van der Waals surface area contributed by atoms with Gasteiger partial charge in [-0.25, -0.2) is 0 Å². The van der Waals surface area contributed by atoms with Gasteiger partial charge in [-0.3, -0.25) is 4.79 Å². The first-order chi connectivity index (χ1) is 11.1. The minimum absolute atomic E-state index is 0.0979. The van der Waals surface area contributed by atoms with Gasteiger partial charge in [0.05, 0.1) is 6.54 Å². The Hall–Kier alpha value is -2.04. The number of ether oxygens (including phenoxy) is 1. The molecule has 1 unspecified atom stereocenters. The van der Waals surface area contributed by atoms with Crippen molar-refractivity contribution in [2.75, 3.05) is 13.2 Å². The Balaban J connectivity index is 1.52. The van der Waals surface area contributed by atoms with Gasteiger partial charge in [0.25, 0.3) is 5.91 Å². The fourth-order valence-corrected chi connectivity index (χ4v) is 2.95. The molecule has 0 fully saturated rings. The third kappa shape index (κ3) is 3.66. The maximum absolute atomic E-state index is 11.9. The Morgan fingerprint density at radius 3 is 2.74 bits per heavy atom. The van der Waals surface area contributed by atoms with Crippen LogP contribution in [0.15, 0.2) is 48.5 Å². The number of rotatable bonds is 5. The van der Waals surface area contributed by atoms with Crippen LogP contribution < -0.4 is 10.1 Å². The first-order valence-corrected chi connectivity index (χ1v) is 7.90. The molecule has 2 N–H and O–H groups in total. The van der Waals surface area contributed by atoms with Crippen LogP contribution in [-0.4, -0.2) is 24.2 Å². The molecular weight excluding hydrogens is 314 g/mol. The molecule has 0 aromatic heterocycles. The summed E-state index contributed by atoms with van der Waals surface area (Å²) in [5.74, 6) is 0.312. The van der Waals surface area contributed by atoms with Gasteiger partial charge in [-0.1, -0.05) is 35.9 Å². The highest BCUT2D eigenvalue weighted by molar-refractivity contribution is 6.30. The van der Waals surface area contributed by atoms with Gasteiger partial charge in [-0.15, -0.1) is 0 Å². The Labute approximate surface area is 140 Å². The van der Waals surface area contributed by atoms with Crippen molar-refractivity contribution in [1.82, 2.24) is 5.32 Å². The molecule has 1 amide bonds. The molecule has 1 aliphatic rings. The smallest absolute Gasteiger partial charge is 0.258 e. The van der Waals surface area contributed by atoms with Crippen LogP contribution in [0.1, 0.15) is 17.5 Å². The summed E-state index contributed by atoms with van der Waals surface area (Å²) in [7, 11) is 0. The number of hydrogen-bond donors (Lipinski definition) is 2. The highest BCUT2D eigenvalue weighted by Gasteiger charge is 2.36. The van der Waals surface area contributed by atoms with Gasteiger partial charge in [-0.2, -0.15) is 0 Å². The zero-order chi connectivity index (χ0) is 16.3. The Morgan fingerprint density at radius 2 is 1.96 bits per heavy atom. The maximum Gasteiger partial charge on any atom is 0.258 e. The van der Waals surface area contributed by atoms with E-state index in [4.69, 9.17) is 16.3 Å². The second kappa shape index (κ2) is 6.60. The fourth-order valence-electron chi connectivity index (χ4n) is 2.83. The Kier molecular flexibility index (Phi) is 4.55. The zero-order valence-corrected chi connectivity index (χ0v) is 13.3. The molecule has 120 valence electrons. The van der Waals surface area contributed by atoms with E-state index in [-0.39, 0.29) is 19.1 Å². The molecule has 0 spiro atoms. The van der Waals surface area contributed by atoms with E-state index in [0.717, 1.165) is 17.5 Å². The zero-order valence-electron chi connectivity index (χ0n) is 12.6. The van der Waals surface area contributed by atoms with E-state index in [1.165, 1.54) is 0 Å². The van der Waals surface area contributed by atoms with E-state index >= 15 is 0 Å². The molecule has 0 aliphatic heterocycles. The molecule has 0 heterocycles. The number of aryl methyl sites for hydroxylation is 1. The molecule has 5 heteroatoms. The number of carbonyl (C=O) groups excluding carboxylic acids is 1. The van der Waals surface area contributed by atoms with Crippen LogP contribution in [0, 0.1) is 0 Å². The standard InChI is InChI=1S/C18H18ClNO3/c19-14-5-7-15(8-6-14)23-11-17(21)20-12-18(22)10-9-13-3-1-2-4-16(13)18/h1-8,22H,9-12H2,(H,20,21). The van der Waals surface area contributed by atoms with Crippen molar-refractivity contribution >= 4 is 17.5 Å². The normalized spacial score (nSPS) is 19.2. The van der Waals surface area contributed by atoms with Crippen LogP contribution in [0.3, 0.4) is 0 Å². The summed E-state index contributed by atoms with van der Waals surface area (Å²) in [6.45, 7) is 0.0895. The van der Waals surface area contributed by atoms with Crippen molar-refractivity contribution in [1.29, 1.82) is 0 Å². The number of benzene rings is 2. The van der Waals surface area contributed by atoms with Crippen molar-refractivity contribution in [2.45, 2.75) is 18.4 Å². The van der Waals surface area contributed by atoms with Crippen LogP contribution in [0.5, 0.6) is 5.75 Å². The molecule has 23 heavy (non-hydrogen) atoms. The van der Waals surface area contributed by atoms with Gasteiger partial charge < -0.3 is 15.2 Å². The lowest BCUT2D eigenvalue weighted by molar-refractivity contribution is -0.124. The van der Waals surface area contributed by atoms with E-state index in [2.05, 4.69) is 5.32 Å². The van der Waals surface area contributed by atoms with Crippen molar-refractivity contribution in [3.63, 3.8) is 0 Å². The first kappa shape index (κ1) is 15.8. The lowest BCUT2D eigenvalue weighted by Gasteiger charge is -2.24. The van der Waals surface area contributed by atoms with Gasteiger partial charge in [-0.05, 0) is 48.2 Å². The minimum Gasteiger partial charge on any atom is -0.484 e. The highest BCUT2D eigenvalue weighted by atomic mass is 35.5. The van der Waals surface area contributed by atoms with Gasteiger partial charge in [0, 0.05) is 5.02 Å². The van der Waals surface area contributed by atoms with E-state index < -0.39 is 5.60 Å². The van der Waals surface area contributed by atoms with Gasteiger partial charge >= 0.3 is 0 Å². The summed E-state index contributed by atoms with van der Waals surface area (Å²) < 4.78 is 5.39. The first-order valence-electron chi connectivity index (χ1n) is 7.53. The van der Waals surface area contributed by atoms with Gasteiger partial charge in [0.15, 0.2) is 6.61 Å². The quantitative estimate of drug-likeness (QED) is 0.885. The third-order valence-electron chi connectivity index (χ3n) is 4.09. The second-order valence-corrected chi connectivity index (χ2v) is 6.14. The average Bonchev–Trinajstić information content (AvgIpc) is 2.91. The molecule has 1 aliphatic carbocycles. The molecule has 0 radical (unpaired) electrons. The number of amides is 1. The summed E-state index contributed by atoms with van der Waals surface area (Å²) in [5.41, 5.74) is 1.05. The van der Waals surface area contributed by atoms with Crippen molar-refractivity contribution in [3.05, 3.63) is 64.7 Å².